The summed E-state index contributed by atoms with van der Waals surface area (Å²) in [6.45, 7) is 6.64. The minimum atomic E-state index is -4.90. The number of alkyl halides is 4. The van der Waals surface area contributed by atoms with E-state index in [1.54, 1.807) is 27.7 Å². The van der Waals surface area contributed by atoms with Gasteiger partial charge in [-0.2, -0.15) is 13.2 Å². The molecule has 0 radical (unpaired) electrons. The fourth-order valence-electron chi connectivity index (χ4n) is 3.31. The topological polar surface area (TPSA) is 41.6 Å². The molecule has 0 spiro atoms. The van der Waals surface area contributed by atoms with Gasteiger partial charge in [-0.05, 0) is 46.2 Å². The quantitative estimate of drug-likeness (QED) is 0.532. The highest BCUT2D eigenvalue weighted by Crippen LogP contribution is 2.39. The van der Waals surface area contributed by atoms with Gasteiger partial charge in [0.2, 0.25) is 0 Å². The van der Waals surface area contributed by atoms with Gasteiger partial charge in [0.25, 0.3) is 0 Å². The second kappa shape index (κ2) is 8.65. The maximum absolute atomic E-state index is 14.7. The monoisotopic (exact) mass is 486 g/mol. The van der Waals surface area contributed by atoms with Crippen LogP contribution in [0.25, 0.3) is 0 Å². The van der Waals surface area contributed by atoms with Crippen LogP contribution in [0.4, 0.5) is 32.4 Å². The number of anilines is 1. The maximum atomic E-state index is 14.7. The van der Waals surface area contributed by atoms with Crippen LogP contribution in [0, 0.1) is 11.7 Å². The molecule has 1 amide bonds. The lowest BCUT2D eigenvalue weighted by atomic mass is 9.88. The van der Waals surface area contributed by atoms with Gasteiger partial charge in [-0.15, -0.1) is 0 Å². The third-order valence-electron chi connectivity index (χ3n) is 4.61. The van der Waals surface area contributed by atoms with Crippen molar-refractivity contribution in [1.82, 2.24) is 4.90 Å². The van der Waals surface area contributed by atoms with E-state index in [-0.39, 0.29) is 24.0 Å². The average molecular weight is 487 g/mol. The van der Waals surface area contributed by atoms with Crippen molar-refractivity contribution >= 4 is 27.7 Å². The molecule has 1 aromatic rings. The van der Waals surface area contributed by atoms with Crippen LogP contribution in [0.5, 0.6) is 0 Å². The molecule has 0 saturated carbocycles. The molecule has 4 nitrogen and oxygen atoms in total. The molecular formula is C19H24BrF5N2O2. The molecule has 1 heterocycles. The Morgan fingerprint density at radius 1 is 1.31 bits per heavy atom. The Balaban J connectivity index is 2.12. The van der Waals surface area contributed by atoms with Gasteiger partial charge in [0.15, 0.2) is 0 Å². The summed E-state index contributed by atoms with van der Waals surface area (Å²) in [5.74, 6) is -2.07. The molecule has 1 saturated heterocycles. The van der Waals surface area contributed by atoms with Gasteiger partial charge in [-0.1, -0.05) is 15.9 Å². The zero-order valence-corrected chi connectivity index (χ0v) is 18.1. The first-order valence-electron chi connectivity index (χ1n) is 9.14. The summed E-state index contributed by atoms with van der Waals surface area (Å²) in [7, 11) is 0. The first-order chi connectivity index (χ1) is 13.2. The van der Waals surface area contributed by atoms with E-state index in [0.717, 1.165) is 12.1 Å². The second-order valence-electron chi connectivity index (χ2n) is 8.14. The van der Waals surface area contributed by atoms with Crippen molar-refractivity contribution in [3.8, 4) is 0 Å². The fraction of sp³-hybridized carbons (Fsp3) is 0.632. The Hall–Kier alpha value is -1.58. The largest absolute Gasteiger partial charge is 0.444 e. The van der Waals surface area contributed by atoms with E-state index in [4.69, 9.17) is 4.74 Å². The van der Waals surface area contributed by atoms with Crippen molar-refractivity contribution < 1.29 is 31.5 Å². The molecule has 1 aliphatic heterocycles. The Morgan fingerprint density at radius 2 is 1.93 bits per heavy atom. The molecule has 1 aliphatic rings. The number of halogens is 6. The lowest BCUT2D eigenvalue weighted by Crippen LogP contribution is -2.50. The van der Waals surface area contributed by atoms with Crippen LogP contribution < -0.4 is 5.32 Å². The zero-order valence-electron chi connectivity index (χ0n) is 16.5. The van der Waals surface area contributed by atoms with Gasteiger partial charge in [0.1, 0.15) is 23.2 Å². The van der Waals surface area contributed by atoms with E-state index in [9.17, 15) is 26.7 Å². The van der Waals surface area contributed by atoms with Crippen molar-refractivity contribution in [3.63, 3.8) is 0 Å². The molecule has 1 N–H and O–H groups in total. The third kappa shape index (κ3) is 6.20. The smallest absolute Gasteiger partial charge is 0.421 e. The van der Waals surface area contributed by atoms with Gasteiger partial charge in [0.05, 0.1) is 12.2 Å². The molecule has 164 valence electrons. The standard InChI is InChI=1S/C19H24BrF5N2O2/c1-10(26-15-8-11(20)7-13(21)16(15)19(23,24)25)12-5-6-27(9-14(12)22)17(28)29-18(2,3)4/h7-8,10,12,14,26H,5-6,9H2,1-4H3/t10-,12+,14+/m0/s1. The van der Waals surface area contributed by atoms with Crippen LogP contribution in [0.15, 0.2) is 16.6 Å². The molecule has 0 aromatic heterocycles. The molecule has 2 rings (SSSR count). The van der Waals surface area contributed by atoms with E-state index >= 15 is 0 Å². The van der Waals surface area contributed by atoms with E-state index < -0.39 is 53.1 Å². The van der Waals surface area contributed by atoms with Crippen molar-refractivity contribution in [1.29, 1.82) is 0 Å². The van der Waals surface area contributed by atoms with Gasteiger partial charge in [0, 0.05) is 23.0 Å². The van der Waals surface area contributed by atoms with Gasteiger partial charge < -0.3 is 15.0 Å². The summed E-state index contributed by atoms with van der Waals surface area (Å²) < 4.78 is 73.8. The van der Waals surface area contributed by atoms with E-state index in [2.05, 4.69) is 21.2 Å². The number of hydrogen-bond donors (Lipinski definition) is 1. The summed E-state index contributed by atoms with van der Waals surface area (Å²) in [6, 6.07) is 1.13. The fourth-order valence-corrected chi connectivity index (χ4v) is 3.74. The predicted octanol–water partition coefficient (Wildman–Crippen LogP) is 6.00. The number of carbonyl (C=O) groups excluding carboxylic acids is 1. The summed E-state index contributed by atoms with van der Waals surface area (Å²) >= 11 is 2.98. The van der Waals surface area contributed by atoms with Gasteiger partial charge in [-0.3, -0.25) is 0 Å². The number of rotatable bonds is 3. The van der Waals surface area contributed by atoms with Crippen LogP contribution in [0.1, 0.15) is 39.7 Å². The number of amides is 1. The number of likely N-dealkylation sites (tertiary alicyclic amines) is 1. The molecule has 1 aromatic carbocycles. The average Bonchev–Trinajstić information content (AvgIpc) is 2.50. The van der Waals surface area contributed by atoms with Crippen LogP contribution in [-0.4, -0.2) is 41.9 Å². The molecule has 0 bridgehead atoms. The Morgan fingerprint density at radius 3 is 2.45 bits per heavy atom. The van der Waals surface area contributed by atoms with Crippen LogP contribution in [0.3, 0.4) is 0 Å². The van der Waals surface area contributed by atoms with Crippen molar-refractivity contribution in [3.05, 3.63) is 28.0 Å². The summed E-state index contributed by atoms with van der Waals surface area (Å²) in [6.07, 6.45) is -6.77. The number of ether oxygens (including phenoxy) is 1. The Labute approximate surface area is 174 Å². The molecular weight excluding hydrogens is 463 g/mol. The highest BCUT2D eigenvalue weighted by atomic mass is 79.9. The normalized spacial score (nSPS) is 21.7. The number of nitrogens with zero attached hydrogens (tertiary/aromatic N) is 1. The Bertz CT molecular complexity index is 751. The first-order valence-corrected chi connectivity index (χ1v) is 9.93. The predicted molar refractivity (Wildman–Crippen MR) is 103 cm³/mol. The number of carbonyl (C=O) groups is 1. The highest BCUT2D eigenvalue weighted by Gasteiger charge is 2.40. The zero-order chi connectivity index (χ0) is 22.1. The maximum Gasteiger partial charge on any atom is 0.421 e. The highest BCUT2D eigenvalue weighted by molar-refractivity contribution is 9.10. The SMILES string of the molecule is C[C@H](Nc1cc(Br)cc(F)c1C(F)(F)F)[C@H]1CCN(C(=O)OC(C)(C)C)C[C@H]1F. The molecule has 10 heteroatoms. The van der Waals surface area contributed by atoms with Crippen LogP contribution >= 0.6 is 15.9 Å². The van der Waals surface area contributed by atoms with Crippen molar-refractivity contribution in [2.75, 3.05) is 18.4 Å². The number of piperidine rings is 1. The number of hydrogen-bond acceptors (Lipinski definition) is 3. The van der Waals surface area contributed by atoms with Crippen molar-refractivity contribution in [2.45, 2.75) is 58.1 Å². The summed E-state index contributed by atoms with van der Waals surface area (Å²) in [4.78, 5) is 13.4. The summed E-state index contributed by atoms with van der Waals surface area (Å²) in [5, 5.41) is 2.62. The van der Waals surface area contributed by atoms with E-state index in [1.807, 2.05) is 0 Å². The Kier molecular flexibility index (Phi) is 7.07. The summed E-state index contributed by atoms with van der Waals surface area (Å²) in [5.41, 5.74) is -2.60. The minimum absolute atomic E-state index is 0.134. The second-order valence-corrected chi connectivity index (χ2v) is 9.05. The molecule has 3 atom stereocenters. The van der Waals surface area contributed by atoms with Crippen LogP contribution in [0.2, 0.25) is 0 Å². The molecule has 0 unspecified atom stereocenters. The molecule has 1 fully saturated rings. The first kappa shape index (κ1) is 23.7. The number of benzene rings is 1. The van der Waals surface area contributed by atoms with Crippen LogP contribution in [-0.2, 0) is 10.9 Å². The van der Waals surface area contributed by atoms with Gasteiger partial charge >= 0.3 is 12.3 Å². The molecule has 0 aliphatic carbocycles. The van der Waals surface area contributed by atoms with Gasteiger partial charge in [-0.25, -0.2) is 13.6 Å². The lowest BCUT2D eigenvalue weighted by Gasteiger charge is -2.38. The molecule has 29 heavy (non-hydrogen) atoms. The van der Waals surface area contributed by atoms with E-state index in [0.29, 0.717) is 0 Å². The van der Waals surface area contributed by atoms with E-state index in [1.165, 1.54) is 4.90 Å². The third-order valence-corrected chi connectivity index (χ3v) is 5.07. The number of nitrogens with one attached hydrogen (secondary N) is 1. The lowest BCUT2D eigenvalue weighted by molar-refractivity contribution is -0.139. The van der Waals surface area contributed by atoms with Crippen molar-refractivity contribution in [2.24, 2.45) is 5.92 Å². The minimum Gasteiger partial charge on any atom is -0.444 e.